The molecule has 0 aromatic carbocycles. The SMILES string of the molecule is CC(O)C(=O)O.CCO.O=C(O)CC(O)(CC(=O)O)C(=O)O. The van der Waals surface area contributed by atoms with Crippen LogP contribution in [0.25, 0.3) is 0 Å². The standard InChI is InChI=1S/C6H8O7.C3H6O3.C2H6O/c7-3(8)1-6(13,5(11)12)2-4(9)10;1-2(4)3(5)6;1-2-3/h13H,1-2H2,(H,7,8)(H,9,10)(H,11,12);2,4H,1H3,(H,5,6);3H,2H2,1H3. The maximum absolute atomic E-state index is 10.3. The molecule has 0 spiro atoms. The van der Waals surface area contributed by atoms with Crippen molar-refractivity contribution in [1.29, 1.82) is 0 Å². The van der Waals surface area contributed by atoms with Gasteiger partial charge in [-0.1, -0.05) is 0 Å². The van der Waals surface area contributed by atoms with Crippen molar-refractivity contribution in [3.8, 4) is 0 Å². The van der Waals surface area contributed by atoms with Gasteiger partial charge in [0.05, 0.1) is 12.8 Å². The Morgan fingerprint density at radius 1 is 0.955 bits per heavy atom. The predicted molar refractivity (Wildman–Crippen MR) is 69.2 cm³/mol. The Bertz CT molecular complexity index is 358. The normalized spacial score (nSPS) is 11.0. The first kappa shape index (κ1) is 24.8. The third kappa shape index (κ3) is 15.8. The molecule has 1 atom stereocenters. The summed E-state index contributed by atoms with van der Waals surface area (Å²) in [5.41, 5.74) is -2.74. The van der Waals surface area contributed by atoms with Crippen molar-refractivity contribution in [2.45, 2.75) is 38.4 Å². The Morgan fingerprint density at radius 2 is 1.18 bits per heavy atom. The van der Waals surface area contributed by atoms with Crippen LogP contribution in [0.15, 0.2) is 0 Å². The summed E-state index contributed by atoms with van der Waals surface area (Å²) < 4.78 is 0. The highest BCUT2D eigenvalue weighted by Gasteiger charge is 2.40. The van der Waals surface area contributed by atoms with E-state index in [0.717, 1.165) is 0 Å². The molecule has 7 N–H and O–H groups in total. The number of carboxylic acid groups (broad SMARTS) is 4. The molecule has 0 rings (SSSR count). The highest BCUT2D eigenvalue weighted by Crippen LogP contribution is 2.15. The highest BCUT2D eigenvalue weighted by atomic mass is 16.4. The van der Waals surface area contributed by atoms with Gasteiger partial charge in [-0.3, -0.25) is 9.59 Å². The van der Waals surface area contributed by atoms with E-state index in [1.165, 1.54) is 6.92 Å². The number of hydrogen-bond acceptors (Lipinski definition) is 7. The second-order valence-electron chi connectivity index (χ2n) is 3.81. The molecule has 0 aliphatic carbocycles. The Balaban J connectivity index is -0.000000333. The molecule has 0 heterocycles. The van der Waals surface area contributed by atoms with Gasteiger partial charge in [-0.25, -0.2) is 9.59 Å². The van der Waals surface area contributed by atoms with Crippen molar-refractivity contribution in [2.24, 2.45) is 0 Å². The second kappa shape index (κ2) is 12.5. The molecular weight excluding hydrogens is 308 g/mol. The van der Waals surface area contributed by atoms with E-state index in [0.29, 0.717) is 0 Å². The average Bonchev–Trinajstić information content (AvgIpc) is 2.27. The number of carboxylic acids is 4. The Morgan fingerprint density at radius 3 is 1.27 bits per heavy atom. The van der Waals surface area contributed by atoms with Crippen LogP contribution in [0.5, 0.6) is 0 Å². The van der Waals surface area contributed by atoms with Crippen molar-refractivity contribution in [1.82, 2.24) is 0 Å². The zero-order valence-electron chi connectivity index (χ0n) is 12.0. The summed E-state index contributed by atoms with van der Waals surface area (Å²) in [6.45, 7) is 3.13. The van der Waals surface area contributed by atoms with Crippen molar-refractivity contribution in [2.75, 3.05) is 6.61 Å². The predicted octanol–water partition coefficient (Wildman–Crippen LogP) is -1.80. The molecule has 11 heteroatoms. The van der Waals surface area contributed by atoms with E-state index >= 15 is 0 Å². The van der Waals surface area contributed by atoms with Crippen LogP contribution >= 0.6 is 0 Å². The van der Waals surface area contributed by atoms with Gasteiger partial charge >= 0.3 is 23.9 Å². The maximum atomic E-state index is 10.3. The summed E-state index contributed by atoms with van der Waals surface area (Å²) in [7, 11) is 0. The minimum atomic E-state index is -2.74. The second-order valence-corrected chi connectivity index (χ2v) is 3.81. The van der Waals surface area contributed by atoms with Gasteiger partial charge in [-0.2, -0.15) is 0 Å². The minimum absolute atomic E-state index is 0.250. The van der Waals surface area contributed by atoms with Crippen LogP contribution in [-0.2, 0) is 19.2 Å². The summed E-state index contributed by atoms with van der Waals surface area (Å²) in [5.74, 6) is -6.20. The molecule has 22 heavy (non-hydrogen) atoms. The molecule has 0 radical (unpaired) electrons. The molecule has 0 aromatic rings. The fourth-order valence-electron chi connectivity index (χ4n) is 0.714. The van der Waals surface area contributed by atoms with E-state index in [4.69, 9.17) is 35.7 Å². The molecule has 0 aliphatic rings. The van der Waals surface area contributed by atoms with Gasteiger partial charge in [0.1, 0.15) is 6.10 Å². The average molecular weight is 328 g/mol. The lowest BCUT2D eigenvalue weighted by molar-refractivity contribution is -0.170. The number of aliphatic hydroxyl groups excluding tert-OH is 2. The molecule has 0 aliphatic heterocycles. The zero-order chi connectivity index (χ0) is 18.5. The molecular formula is C11H20O11. The molecule has 0 saturated carbocycles. The highest BCUT2D eigenvalue weighted by molar-refractivity contribution is 5.88. The summed E-state index contributed by atoms with van der Waals surface area (Å²) >= 11 is 0. The summed E-state index contributed by atoms with van der Waals surface area (Å²) in [5, 5.41) is 57.2. The van der Waals surface area contributed by atoms with Gasteiger partial charge in [-0.05, 0) is 13.8 Å². The molecule has 1 unspecified atom stereocenters. The topological polar surface area (TPSA) is 210 Å². The smallest absolute Gasteiger partial charge is 0.336 e. The third-order valence-electron chi connectivity index (χ3n) is 1.64. The van der Waals surface area contributed by atoms with Gasteiger partial charge in [0.15, 0.2) is 5.60 Å². The van der Waals surface area contributed by atoms with Crippen molar-refractivity contribution >= 4 is 23.9 Å². The van der Waals surface area contributed by atoms with E-state index in [-0.39, 0.29) is 6.61 Å². The van der Waals surface area contributed by atoms with Gasteiger partial charge in [0, 0.05) is 6.61 Å². The monoisotopic (exact) mass is 328 g/mol. The van der Waals surface area contributed by atoms with Crippen LogP contribution in [0, 0.1) is 0 Å². The molecule has 0 bridgehead atoms. The number of aliphatic carboxylic acids is 4. The number of hydrogen-bond donors (Lipinski definition) is 7. The van der Waals surface area contributed by atoms with Crippen LogP contribution in [0.2, 0.25) is 0 Å². The fourth-order valence-corrected chi connectivity index (χ4v) is 0.714. The van der Waals surface area contributed by atoms with Gasteiger partial charge in [0.25, 0.3) is 0 Å². The largest absolute Gasteiger partial charge is 0.481 e. The van der Waals surface area contributed by atoms with Crippen LogP contribution < -0.4 is 0 Å². The number of carbonyl (C=O) groups is 4. The van der Waals surface area contributed by atoms with Gasteiger partial charge in [-0.15, -0.1) is 0 Å². The van der Waals surface area contributed by atoms with Crippen molar-refractivity contribution < 1.29 is 54.9 Å². The molecule has 0 aromatic heterocycles. The van der Waals surface area contributed by atoms with E-state index in [2.05, 4.69) is 0 Å². The Hall–Kier alpha value is -2.24. The summed E-state index contributed by atoms with van der Waals surface area (Å²) in [4.78, 5) is 39.9. The molecule has 0 fully saturated rings. The van der Waals surface area contributed by atoms with Gasteiger partial charge < -0.3 is 35.7 Å². The minimum Gasteiger partial charge on any atom is -0.481 e. The van der Waals surface area contributed by atoms with Crippen molar-refractivity contribution in [3.05, 3.63) is 0 Å². The van der Waals surface area contributed by atoms with Crippen LogP contribution in [0.3, 0.4) is 0 Å². The number of aliphatic hydroxyl groups is 3. The summed E-state index contributed by atoms with van der Waals surface area (Å²) in [6.07, 6.45) is -3.52. The lowest BCUT2D eigenvalue weighted by Crippen LogP contribution is -2.42. The van der Waals surface area contributed by atoms with Gasteiger partial charge in [0.2, 0.25) is 0 Å². The Kier molecular flexibility index (Phi) is 14.1. The number of rotatable bonds is 6. The third-order valence-corrected chi connectivity index (χ3v) is 1.64. The first-order valence-corrected chi connectivity index (χ1v) is 5.75. The lowest BCUT2D eigenvalue weighted by atomic mass is 9.96. The first-order chi connectivity index (χ1) is 9.83. The van der Waals surface area contributed by atoms with Crippen LogP contribution in [0.1, 0.15) is 26.7 Å². The molecule has 0 saturated heterocycles. The van der Waals surface area contributed by atoms with E-state index in [1.54, 1.807) is 6.92 Å². The van der Waals surface area contributed by atoms with E-state index in [9.17, 15) is 19.2 Å². The molecule has 11 nitrogen and oxygen atoms in total. The van der Waals surface area contributed by atoms with Crippen LogP contribution in [-0.4, -0.2) is 77.9 Å². The zero-order valence-corrected chi connectivity index (χ0v) is 12.0. The maximum Gasteiger partial charge on any atom is 0.336 e. The molecule has 130 valence electrons. The summed E-state index contributed by atoms with van der Waals surface area (Å²) in [6, 6.07) is 0. The fraction of sp³-hybridized carbons (Fsp3) is 0.636. The van der Waals surface area contributed by atoms with Crippen molar-refractivity contribution in [3.63, 3.8) is 0 Å². The first-order valence-electron chi connectivity index (χ1n) is 5.75. The lowest BCUT2D eigenvalue weighted by Gasteiger charge is -2.18. The molecule has 0 amide bonds. The Labute approximate surface area is 125 Å². The van der Waals surface area contributed by atoms with E-state index in [1.807, 2.05) is 0 Å². The quantitative estimate of drug-likeness (QED) is 0.289. The van der Waals surface area contributed by atoms with Crippen LogP contribution in [0.4, 0.5) is 0 Å². The van der Waals surface area contributed by atoms with E-state index < -0.39 is 48.4 Å².